The highest BCUT2D eigenvalue weighted by molar-refractivity contribution is 7.81. The van der Waals surface area contributed by atoms with Gasteiger partial charge in [-0.1, -0.05) is 26.0 Å². The molecule has 1 aliphatic heterocycles. The number of aliphatic hydroxyl groups is 3. The molecule has 14 heteroatoms. The summed E-state index contributed by atoms with van der Waals surface area (Å²) in [5, 5.41) is 59.1. The first-order chi connectivity index (χ1) is 17.7. The van der Waals surface area contributed by atoms with Crippen LogP contribution >= 0.6 is 0 Å². The molecule has 0 bridgehead atoms. The summed E-state index contributed by atoms with van der Waals surface area (Å²) in [6, 6.07) is 8.63. The Kier molecular flexibility index (Phi) is 9.07. The third-order valence-corrected chi connectivity index (χ3v) is 6.78. The van der Waals surface area contributed by atoms with Crippen LogP contribution in [0.15, 0.2) is 36.4 Å². The van der Waals surface area contributed by atoms with Crippen molar-refractivity contribution in [1.29, 1.82) is 0 Å². The molecule has 0 saturated carbocycles. The van der Waals surface area contributed by atoms with Crippen LogP contribution < -0.4 is 8.92 Å². The second-order valence-electron chi connectivity index (χ2n) is 9.33. The molecule has 0 radical (unpaired) electrons. The molecule has 210 valence electrons. The summed E-state index contributed by atoms with van der Waals surface area (Å²) >= 11 is 0. The van der Waals surface area contributed by atoms with E-state index in [4.69, 9.17) is 19.1 Å². The van der Waals surface area contributed by atoms with Gasteiger partial charge in [0.05, 0.1) is 0 Å². The van der Waals surface area contributed by atoms with Crippen LogP contribution in [0.1, 0.15) is 25.0 Å². The molecule has 1 saturated heterocycles. The highest BCUT2D eigenvalue weighted by atomic mass is 32.3. The van der Waals surface area contributed by atoms with Crippen LogP contribution in [0.4, 0.5) is 0 Å². The lowest BCUT2D eigenvalue weighted by molar-refractivity contribution is -0.271. The smallest absolute Gasteiger partial charge is 0.446 e. The quantitative estimate of drug-likeness (QED) is 0.199. The number of aliphatic hydroxyl groups excluding tert-OH is 3. The Morgan fingerprint density at radius 3 is 2.03 bits per heavy atom. The minimum atomic E-state index is -4.80. The van der Waals surface area contributed by atoms with E-state index in [0.717, 1.165) is 5.56 Å². The number of carbonyl (C=O) groups is 1. The standard InChI is InChI=1S/C24H30O13S/c1-11(12(2)8-14-3-5-15(25)18(10-14)37-38(32,33)34)7-13-4-6-17(16(26)9-13)35-24-21(29)19(27)20(28)22(36-24)23(30)31/h3-6,9-12,19-22,24-29H,7-8H2,1-2H3,(H,30,31)(H,32,33,34)/t11-,12+,19+,20+,21-,22+,24-/m1/s1. The minimum absolute atomic E-state index is 0.0443. The largest absolute Gasteiger partial charge is 0.504 e. The number of carboxylic acids is 1. The van der Waals surface area contributed by atoms with Crippen LogP contribution in [0.3, 0.4) is 0 Å². The summed E-state index contributed by atoms with van der Waals surface area (Å²) < 4.78 is 45.7. The summed E-state index contributed by atoms with van der Waals surface area (Å²) in [5.41, 5.74) is 1.38. The normalized spacial score (nSPS) is 25.4. The maximum Gasteiger partial charge on any atom is 0.446 e. The van der Waals surface area contributed by atoms with Crippen molar-refractivity contribution >= 4 is 16.4 Å². The topological polar surface area (TPSA) is 221 Å². The number of phenols is 2. The molecular formula is C24H30O13S. The fourth-order valence-corrected chi connectivity index (χ4v) is 4.44. The Morgan fingerprint density at radius 1 is 0.895 bits per heavy atom. The summed E-state index contributed by atoms with van der Waals surface area (Å²) in [6.45, 7) is 3.92. The van der Waals surface area contributed by atoms with Crippen LogP contribution in [0.2, 0.25) is 0 Å². The van der Waals surface area contributed by atoms with Gasteiger partial charge in [0.1, 0.15) is 18.3 Å². The SMILES string of the molecule is C[C@H](Cc1ccc(O[C@@H]2O[C@H](C(=O)O)[C@@H](O)[C@H](O)[C@H]2O)c(O)c1)[C@@H](C)Cc1ccc(O)c(OS(=O)(=O)O)c1. The van der Waals surface area contributed by atoms with Crippen LogP contribution in [0.5, 0.6) is 23.0 Å². The summed E-state index contributed by atoms with van der Waals surface area (Å²) in [7, 11) is -4.80. The Balaban J connectivity index is 1.64. The first kappa shape index (κ1) is 29.4. The van der Waals surface area contributed by atoms with Crippen molar-refractivity contribution in [3.8, 4) is 23.0 Å². The van der Waals surface area contributed by atoms with E-state index in [1.165, 1.54) is 24.3 Å². The van der Waals surface area contributed by atoms with Crippen molar-refractivity contribution in [3.63, 3.8) is 0 Å². The van der Waals surface area contributed by atoms with Gasteiger partial charge in [-0.15, -0.1) is 0 Å². The number of hydrogen-bond donors (Lipinski definition) is 7. The lowest BCUT2D eigenvalue weighted by Gasteiger charge is -2.38. The molecule has 38 heavy (non-hydrogen) atoms. The first-order valence-corrected chi connectivity index (χ1v) is 12.9. The third-order valence-electron chi connectivity index (χ3n) is 6.39. The van der Waals surface area contributed by atoms with Gasteiger partial charge >= 0.3 is 16.4 Å². The Bertz CT molecular complexity index is 1250. The van der Waals surface area contributed by atoms with E-state index in [-0.39, 0.29) is 23.3 Å². The van der Waals surface area contributed by atoms with Gasteiger partial charge in [-0.05, 0) is 60.1 Å². The maximum absolute atomic E-state index is 11.3. The van der Waals surface area contributed by atoms with Gasteiger partial charge in [-0.25, -0.2) is 4.79 Å². The molecule has 0 spiro atoms. The lowest BCUT2D eigenvalue weighted by Crippen LogP contribution is -2.61. The number of ether oxygens (including phenoxy) is 2. The van der Waals surface area contributed by atoms with E-state index < -0.39 is 58.6 Å². The zero-order valence-corrected chi connectivity index (χ0v) is 21.2. The minimum Gasteiger partial charge on any atom is -0.504 e. The molecule has 1 fully saturated rings. The number of benzene rings is 2. The first-order valence-electron chi connectivity index (χ1n) is 11.6. The predicted octanol–water partition coefficient (Wildman–Crippen LogP) is 0.608. The van der Waals surface area contributed by atoms with Crippen molar-refractivity contribution in [1.82, 2.24) is 0 Å². The number of rotatable bonds is 10. The average Bonchev–Trinajstić information content (AvgIpc) is 2.81. The van der Waals surface area contributed by atoms with Crippen LogP contribution in [0, 0.1) is 11.8 Å². The molecule has 2 aromatic carbocycles. The third kappa shape index (κ3) is 7.24. The summed E-state index contributed by atoms with van der Waals surface area (Å²) in [5.74, 6) is -2.76. The Morgan fingerprint density at radius 2 is 1.47 bits per heavy atom. The number of phenolic OH excluding ortho intramolecular Hbond substituents is 2. The van der Waals surface area contributed by atoms with E-state index in [0.29, 0.717) is 18.4 Å². The molecule has 0 aliphatic carbocycles. The second-order valence-corrected chi connectivity index (χ2v) is 10.4. The van der Waals surface area contributed by atoms with Gasteiger partial charge in [0.15, 0.2) is 29.1 Å². The molecule has 1 aliphatic rings. The lowest BCUT2D eigenvalue weighted by atomic mass is 9.85. The number of carboxylic acid groups (broad SMARTS) is 1. The molecule has 0 aromatic heterocycles. The molecule has 7 atom stereocenters. The van der Waals surface area contributed by atoms with Gasteiger partial charge in [-0.2, -0.15) is 8.42 Å². The molecular weight excluding hydrogens is 528 g/mol. The van der Waals surface area contributed by atoms with E-state index >= 15 is 0 Å². The second kappa shape index (κ2) is 11.7. The fourth-order valence-electron chi connectivity index (χ4n) is 4.08. The van der Waals surface area contributed by atoms with E-state index in [9.17, 15) is 38.7 Å². The number of aliphatic carboxylic acids is 1. The Hall–Kier alpha value is -3.14. The molecule has 3 rings (SSSR count). The molecule has 1 heterocycles. The highest BCUT2D eigenvalue weighted by Crippen LogP contribution is 2.34. The van der Waals surface area contributed by atoms with Gasteiger partial charge in [0.25, 0.3) is 0 Å². The van der Waals surface area contributed by atoms with Crippen LogP contribution in [-0.2, 0) is 32.8 Å². The zero-order valence-electron chi connectivity index (χ0n) is 20.4. The van der Waals surface area contributed by atoms with Crippen LogP contribution in [-0.4, -0.2) is 80.3 Å². The number of aromatic hydroxyl groups is 2. The molecule has 0 amide bonds. The molecule has 7 N–H and O–H groups in total. The van der Waals surface area contributed by atoms with E-state index in [1.54, 1.807) is 12.1 Å². The van der Waals surface area contributed by atoms with Crippen molar-refractivity contribution in [3.05, 3.63) is 47.5 Å². The summed E-state index contributed by atoms with van der Waals surface area (Å²) in [6.07, 6.45) is -8.00. The van der Waals surface area contributed by atoms with Crippen molar-refractivity contribution < 1.29 is 62.1 Å². The monoisotopic (exact) mass is 558 g/mol. The molecule has 0 unspecified atom stereocenters. The maximum atomic E-state index is 11.3. The van der Waals surface area contributed by atoms with E-state index in [2.05, 4.69) is 4.18 Å². The van der Waals surface area contributed by atoms with Crippen molar-refractivity contribution in [2.75, 3.05) is 0 Å². The molecule has 2 aromatic rings. The zero-order chi connectivity index (χ0) is 28.4. The van der Waals surface area contributed by atoms with Gasteiger partial charge in [0, 0.05) is 0 Å². The predicted molar refractivity (Wildman–Crippen MR) is 129 cm³/mol. The molecule has 13 nitrogen and oxygen atoms in total. The Labute approximate surface area is 218 Å². The van der Waals surface area contributed by atoms with Gasteiger partial charge in [-0.3, -0.25) is 4.55 Å². The van der Waals surface area contributed by atoms with Crippen LogP contribution in [0.25, 0.3) is 0 Å². The van der Waals surface area contributed by atoms with Crippen molar-refractivity contribution in [2.45, 2.75) is 57.4 Å². The van der Waals surface area contributed by atoms with Crippen molar-refractivity contribution in [2.24, 2.45) is 11.8 Å². The number of hydrogen-bond acceptors (Lipinski definition) is 11. The fraction of sp³-hybridized carbons (Fsp3) is 0.458. The van der Waals surface area contributed by atoms with Gasteiger partial charge < -0.3 is 44.3 Å². The van der Waals surface area contributed by atoms with Gasteiger partial charge in [0.2, 0.25) is 6.29 Å². The van der Waals surface area contributed by atoms with E-state index in [1.807, 2.05) is 13.8 Å². The summed E-state index contributed by atoms with van der Waals surface area (Å²) in [4.78, 5) is 11.3. The highest BCUT2D eigenvalue weighted by Gasteiger charge is 2.48. The average molecular weight is 559 g/mol.